The summed E-state index contributed by atoms with van der Waals surface area (Å²) in [5, 5.41) is 11.5. The summed E-state index contributed by atoms with van der Waals surface area (Å²) < 4.78 is 0. The number of amides is 1. The average Bonchev–Trinajstić information content (AvgIpc) is 2.26. The van der Waals surface area contributed by atoms with Crippen molar-refractivity contribution in [3.8, 4) is 0 Å². The molecule has 0 saturated carbocycles. The highest BCUT2D eigenvalue weighted by atomic mass is 16.4. The lowest BCUT2D eigenvalue weighted by Gasteiger charge is -2.19. The summed E-state index contributed by atoms with van der Waals surface area (Å²) in [5.41, 5.74) is 0. The number of hydrogen-bond donors (Lipinski definition) is 2. The standard InChI is InChI=1S/C13H25NO3/c1-4-6-11(7-5-2)13(17)14-10(3)8-9-12(15)16/h10-11H,4-9H2,1-3H3,(H,14,17)(H,15,16). The van der Waals surface area contributed by atoms with Gasteiger partial charge in [-0.25, -0.2) is 0 Å². The number of aliphatic carboxylic acids is 1. The Morgan fingerprint density at radius 1 is 1.12 bits per heavy atom. The Morgan fingerprint density at radius 3 is 2.06 bits per heavy atom. The van der Waals surface area contributed by atoms with Crippen LogP contribution in [0.5, 0.6) is 0 Å². The van der Waals surface area contributed by atoms with Gasteiger partial charge in [-0.2, -0.15) is 0 Å². The summed E-state index contributed by atoms with van der Waals surface area (Å²) in [6.45, 7) is 6.00. The number of carbonyl (C=O) groups is 2. The minimum atomic E-state index is -0.815. The van der Waals surface area contributed by atoms with E-state index in [0.717, 1.165) is 25.7 Å². The molecule has 100 valence electrons. The third-order valence-electron chi connectivity index (χ3n) is 2.82. The number of carbonyl (C=O) groups excluding carboxylic acids is 1. The zero-order valence-corrected chi connectivity index (χ0v) is 11.2. The Hall–Kier alpha value is -1.06. The number of carboxylic acid groups (broad SMARTS) is 1. The third-order valence-corrected chi connectivity index (χ3v) is 2.82. The van der Waals surface area contributed by atoms with Gasteiger partial charge in [-0.1, -0.05) is 26.7 Å². The first-order valence-corrected chi connectivity index (χ1v) is 6.53. The van der Waals surface area contributed by atoms with Crippen LogP contribution in [-0.2, 0) is 9.59 Å². The lowest BCUT2D eigenvalue weighted by atomic mass is 9.97. The largest absolute Gasteiger partial charge is 0.481 e. The van der Waals surface area contributed by atoms with E-state index in [-0.39, 0.29) is 24.3 Å². The second-order valence-corrected chi connectivity index (χ2v) is 4.62. The van der Waals surface area contributed by atoms with Crippen molar-refractivity contribution in [2.75, 3.05) is 0 Å². The number of nitrogens with one attached hydrogen (secondary N) is 1. The van der Waals surface area contributed by atoms with Crippen molar-refractivity contribution in [3.63, 3.8) is 0 Å². The molecule has 0 aliphatic heterocycles. The van der Waals surface area contributed by atoms with Gasteiger partial charge in [0.05, 0.1) is 0 Å². The van der Waals surface area contributed by atoms with E-state index >= 15 is 0 Å². The fraction of sp³-hybridized carbons (Fsp3) is 0.846. The van der Waals surface area contributed by atoms with Crippen LogP contribution >= 0.6 is 0 Å². The summed E-state index contributed by atoms with van der Waals surface area (Å²) >= 11 is 0. The van der Waals surface area contributed by atoms with Crippen molar-refractivity contribution >= 4 is 11.9 Å². The van der Waals surface area contributed by atoms with Gasteiger partial charge in [0, 0.05) is 18.4 Å². The van der Waals surface area contributed by atoms with E-state index < -0.39 is 5.97 Å². The van der Waals surface area contributed by atoms with E-state index in [9.17, 15) is 9.59 Å². The molecule has 1 unspecified atom stereocenters. The van der Waals surface area contributed by atoms with Crippen molar-refractivity contribution in [3.05, 3.63) is 0 Å². The van der Waals surface area contributed by atoms with E-state index in [1.807, 2.05) is 6.92 Å². The van der Waals surface area contributed by atoms with E-state index in [1.165, 1.54) is 0 Å². The monoisotopic (exact) mass is 243 g/mol. The molecule has 0 heterocycles. The molecule has 4 heteroatoms. The molecule has 0 radical (unpaired) electrons. The highest BCUT2D eigenvalue weighted by Gasteiger charge is 2.18. The predicted molar refractivity (Wildman–Crippen MR) is 67.8 cm³/mol. The molecule has 0 saturated heterocycles. The lowest BCUT2D eigenvalue weighted by molar-refractivity contribution is -0.137. The van der Waals surface area contributed by atoms with Crippen LogP contribution in [0.15, 0.2) is 0 Å². The lowest BCUT2D eigenvalue weighted by Crippen LogP contribution is -2.37. The second kappa shape index (κ2) is 9.02. The SMILES string of the molecule is CCCC(CCC)C(=O)NC(C)CCC(=O)O. The Balaban J connectivity index is 4.05. The molecule has 0 aliphatic rings. The maximum Gasteiger partial charge on any atom is 0.303 e. The quantitative estimate of drug-likeness (QED) is 0.654. The number of rotatable bonds is 9. The van der Waals surface area contributed by atoms with Crippen molar-refractivity contribution in [2.24, 2.45) is 5.92 Å². The fourth-order valence-corrected chi connectivity index (χ4v) is 1.88. The highest BCUT2D eigenvalue weighted by molar-refractivity contribution is 5.78. The van der Waals surface area contributed by atoms with Crippen LogP contribution in [0, 0.1) is 5.92 Å². The Morgan fingerprint density at radius 2 is 1.65 bits per heavy atom. The molecule has 4 nitrogen and oxygen atoms in total. The molecule has 0 aromatic rings. The van der Waals surface area contributed by atoms with Gasteiger partial charge in [0.2, 0.25) is 5.91 Å². The van der Waals surface area contributed by atoms with E-state index in [4.69, 9.17) is 5.11 Å². The van der Waals surface area contributed by atoms with Crippen LogP contribution < -0.4 is 5.32 Å². The maximum atomic E-state index is 11.9. The fourth-order valence-electron chi connectivity index (χ4n) is 1.88. The Bertz CT molecular complexity index is 235. The van der Waals surface area contributed by atoms with E-state index in [2.05, 4.69) is 19.2 Å². The normalized spacial score (nSPS) is 12.5. The van der Waals surface area contributed by atoms with Crippen molar-refractivity contribution < 1.29 is 14.7 Å². The van der Waals surface area contributed by atoms with Crippen LogP contribution in [0.4, 0.5) is 0 Å². The molecule has 0 aromatic carbocycles. The molecule has 0 rings (SSSR count). The minimum Gasteiger partial charge on any atom is -0.481 e. The molecule has 1 amide bonds. The smallest absolute Gasteiger partial charge is 0.303 e. The molecule has 2 N–H and O–H groups in total. The summed E-state index contributed by atoms with van der Waals surface area (Å²) in [4.78, 5) is 22.3. The summed E-state index contributed by atoms with van der Waals surface area (Å²) in [6.07, 6.45) is 4.42. The zero-order chi connectivity index (χ0) is 13.3. The van der Waals surface area contributed by atoms with Gasteiger partial charge >= 0.3 is 5.97 Å². The van der Waals surface area contributed by atoms with E-state index in [1.54, 1.807) is 0 Å². The highest BCUT2D eigenvalue weighted by Crippen LogP contribution is 2.14. The van der Waals surface area contributed by atoms with Gasteiger partial charge in [-0.3, -0.25) is 9.59 Å². The summed E-state index contributed by atoms with van der Waals surface area (Å²) in [6, 6.07) is -0.0604. The van der Waals surface area contributed by atoms with Gasteiger partial charge in [0.25, 0.3) is 0 Å². The molecule has 0 bridgehead atoms. The van der Waals surface area contributed by atoms with Crippen molar-refractivity contribution in [1.82, 2.24) is 5.32 Å². The molecular formula is C13H25NO3. The molecule has 0 spiro atoms. The van der Waals surface area contributed by atoms with Gasteiger partial charge in [0.15, 0.2) is 0 Å². The molecule has 0 aromatic heterocycles. The first-order valence-electron chi connectivity index (χ1n) is 6.53. The number of hydrogen-bond acceptors (Lipinski definition) is 2. The zero-order valence-electron chi connectivity index (χ0n) is 11.2. The molecule has 17 heavy (non-hydrogen) atoms. The van der Waals surface area contributed by atoms with Crippen molar-refractivity contribution in [1.29, 1.82) is 0 Å². The van der Waals surface area contributed by atoms with Crippen LogP contribution in [0.1, 0.15) is 59.3 Å². The topological polar surface area (TPSA) is 66.4 Å². The maximum absolute atomic E-state index is 11.9. The third kappa shape index (κ3) is 7.77. The Kier molecular flexibility index (Phi) is 8.46. The van der Waals surface area contributed by atoms with Crippen LogP contribution in [0.3, 0.4) is 0 Å². The first kappa shape index (κ1) is 15.9. The average molecular weight is 243 g/mol. The van der Waals surface area contributed by atoms with E-state index in [0.29, 0.717) is 6.42 Å². The van der Waals surface area contributed by atoms with Crippen LogP contribution in [0.2, 0.25) is 0 Å². The summed E-state index contributed by atoms with van der Waals surface area (Å²) in [5.74, 6) is -0.659. The molecule has 1 atom stereocenters. The van der Waals surface area contributed by atoms with Crippen LogP contribution in [-0.4, -0.2) is 23.0 Å². The summed E-state index contributed by atoms with van der Waals surface area (Å²) in [7, 11) is 0. The first-order chi connectivity index (χ1) is 8.01. The molecule has 0 aliphatic carbocycles. The van der Waals surface area contributed by atoms with Crippen LogP contribution in [0.25, 0.3) is 0 Å². The molecule has 0 fully saturated rings. The predicted octanol–water partition coefficient (Wildman–Crippen LogP) is 2.57. The Labute approximate surface area is 104 Å². The van der Waals surface area contributed by atoms with Gasteiger partial charge in [-0.05, 0) is 26.2 Å². The minimum absolute atomic E-state index is 0.0604. The molecular weight excluding hydrogens is 218 g/mol. The second-order valence-electron chi connectivity index (χ2n) is 4.62. The number of carboxylic acids is 1. The van der Waals surface area contributed by atoms with Gasteiger partial charge in [0.1, 0.15) is 0 Å². The van der Waals surface area contributed by atoms with Gasteiger partial charge in [-0.15, -0.1) is 0 Å². The van der Waals surface area contributed by atoms with Crippen molar-refractivity contribution in [2.45, 2.75) is 65.3 Å². The van der Waals surface area contributed by atoms with Gasteiger partial charge < -0.3 is 10.4 Å².